The van der Waals surface area contributed by atoms with Crippen LogP contribution in [0.5, 0.6) is 0 Å². The van der Waals surface area contributed by atoms with Gasteiger partial charge < -0.3 is 10.2 Å². The van der Waals surface area contributed by atoms with Crippen molar-refractivity contribution in [1.29, 1.82) is 0 Å². The molecular formula is C11H10N4O. The molecule has 2 heterocycles. The lowest BCUT2D eigenvalue weighted by Crippen LogP contribution is -1.99. The zero-order chi connectivity index (χ0) is 11.0. The molecule has 0 unspecified atom stereocenters. The Morgan fingerprint density at radius 1 is 1.31 bits per heavy atom. The first-order valence-electron chi connectivity index (χ1n) is 4.94. The van der Waals surface area contributed by atoms with Crippen molar-refractivity contribution >= 4 is 16.8 Å². The monoisotopic (exact) mass is 214 g/mol. The maximum absolute atomic E-state index is 5.80. The summed E-state index contributed by atoms with van der Waals surface area (Å²) in [6.07, 6.45) is 3.58. The second-order valence-corrected chi connectivity index (χ2v) is 3.51. The normalized spacial score (nSPS) is 11.0. The minimum Gasteiger partial charge on any atom is -0.439 e. The lowest BCUT2D eigenvalue weighted by molar-refractivity contribution is 0.491. The first-order valence-corrected chi connectivity index (χ1v) is 4.94. The molecule has 0 aliphatic carbocycles. The van der Waals surface area contributed by atoms with E-state index in [-0.39, 0.29) is 0 Å². The average molecular weight is 214 g/mol. The van der Waals surface area contributed by atoms with Gasteiger partial charge in [0.15, 0.2) is 5.58 Å². The SMILES string of the molecule is Nc1cccc2oc(Cn3cccn3)nc12. The topological polar surface area (TPSA) is 69.9 Å². The van der Waals surface area contributed by atoms with Crippen LogP contribution in [-0.2, 0) is 6.54 Å². The first-order chi connectivity index (χ1) is 7.83. The standard InChI is InChI=1S/C11H10N4O/c12-8-3-1-4-9-11(8)14-10(16-9)7-15-6-2-5-13-15/h1-6H,7,12H2. The molecule has 2 aromatic heterocycles. The third-order valence-electron chi connectivity index (χ3n) is 2.35. The Balaban J connectivity index is 2.02. The number of anilines is 1. The van der Waals surface area contributed by atoms with Gasteiger partial charge in [-0.05, 0) is 18.2 Å². The van der Waals surface area contributed by atoms with Crippen LogP contribution in [0, 0.1) is 0 Å². The highest BCUT2D eigenvalue weighted by atomic mass is 16.3. The highest BCUT2D eigenvalue weighted by Crippen LogP contribution is 2.21. The zero-order valence-corrected chi connectivity index (χ0v) is 8.50. The van der Waals surface area contributed by atoms with Crippen LogP contribution in [-0.4, -0.2) is 14.8 Å². The highest BCUT2D eigenvalue weighted by molar-refractivity contribution is 5.85. The summed E-state index contributed by atoms with van der Waals surface area (Å²) in [6, 6.07) is 7.37. The molecule has 16 heavy (non-hydrogen) atoms. The van der Waals surface area contributed by atoms with Gasteiger partial charge in [-0.15, -0.1) is 0 Å². The van der Waals surface area contributed by atoms with Gasteiger partial charge in [-0.25, -0.2) is 4.98 Å². The molecular weight excluding hydrogens is 204 g/mol. The zero-order valence-electron chi connectivity index (χ0n) is 8.50. The van der Waals surface area contributed by atoms with Gasteiger partial charge in [0.05, 0.1) is 5.69 Å². The van der Waals surface area contributed by atoms with Gasteiger partial charge >= 0.3 is 0 Å². The van der Waals surface area contributed by atoms with Crippen LogP contribution < -0.4 is 5.73 Å². The summed E-state index contributed by atoms with van der Waals surface area (Å²) in [6.45, 7) is 0.515. The number of fused-ring (bicyclic) bond motifs is 1. The van der Waals surface area contributed by atoms with E-state index in [1.54, 1.807) is 10.9 Å². The van der Waals surface area contributed by atoms with E-state index in [1.807, 2.05) is 30.5 Å². The van der Waals surface area contributed by atoms with Crippen LogP contribution in [0.1, 0.15) is 5.89 Å². The Bertz CT molecular complexity index is 612. The maximum Gasteiger partial charge on any atom is 0.217 e. The molecule has 2 N–H and O–H groups in total. The van der Waals surface area contributed by atoms with Crippen LogP contribution in [0.3, 0.4) is 0 Å². The Morgan fingerprint density at radius 2 is 2.25 bits per heavy atom. The predicted molar refractivity (Wildman–Crippen MR) is 59.8 cm³/mol. The lowest BCUT2D eigenvalue weighted by Gasteiger charge is -1.94. The van der Waals surface area contributed by atoms with Gasteiger partial charge in [-0.1, -0.05) is 6.07 Å². The molecule has 0 atom stereocenters. The number of nitrogens with zero attached hydrogens (tertiary/aromatic N) is 3. The molecule has 0 amide bonds. The summed E-state index contributed by atoms with van der Waals surface area (Å²) >= 11 is 0. The number of benzene rings is 1. The molecule has 0 spiro atoms. The summed E-state index contributed by atoms with van der Waals surface area (Å²) in [5.41, 5.74) is 7.85. The minimum absolute atomic E-state index is 0.515. The Kier molecular flexibility index (Phi) is 1.89. The molecule has 0 bridgehead atoms. The number of oxazole rings is 1. The number of aromatic nitrogens is 3. The summed E-state index contributed by atoms with van der Waals surface area (Å²) in [4.78, 5) is 4.33. The largest absolute Gasteiger partial charge is 0.439 e. The summed E-state index contributed by atoms with van der Waals surface area (Å²) < 4.78 is 7.32. The summed E-state index contributed by atoms with van der Waals surface area (Å²) in [7, 11) is 0. The van der Waals surface area contributed by atoms with E-state index in [0.717, 1.165) is 0 Å². The van der Waals surface area contributed by atoms with Gasteiger partial charge in [0.1, 0.15) is 12.1 Å². The van der Waals surface area contributed by atoms with Crippen LogP contribution in [0.15, 0.2) is 41.1 Å². The Morgan fingerprint density at radius 3 is 3.00 bits per heavy atom. The van der Waals surface area contributed by atoms with Crippen molar-refractivity contribution in [3.63, 3.8) is 0 Å². The van der Waals surface area contributed by atoms with Crippen molar-refractivity contribution in [3.05, 3.63) is 42.5 Å². The molecule has 0 fully saturated rings. The molecule has 0 saturated carbocycles. The molecule has 1 aromatic carbocycles. The van der Waals surface area contributed by atoms with Crippen LogP contribution in [0.2, 0.25) is 0 Å². The van der Waals surface area contributed by atoms with Crippen molar-refractivity contribution in [1.82, 2.24) is 14.8 Å². The molecule has 5 heteroatoms. The van der Waals surface area contributed by atoms with Gasteiger partial charge in [0, 0.05) is 12.4 Å². The summed E-state index contributed by atoms with van der Waals surface area (Å²) in [5, 5.41) is 4.09. The van der Waals surface area contributed by atoms with Crippen molar-refractivity contribution in [2.24, 2.45) is 0 Å². The first kappa shape index (κ1) is 8.96. The molecule has 0 saturated heterocycles. The number of hydrogen-bond donors (Lipinski definition) is 1. The molecule has 0 radical (unpaired) electrons. The fourth-order valence-electron chi connectivity index (χ4n) is 1.62. The molecule has 3 aromatic rings. The van der Waals surface area contributed by atoms with Gasteiger partial charge in [-0.2, -0.15) is 5.10 Å². The second kappa shape index (κ2) is 3.37. The maximum atomic E-state index is 5.80. The summed E-state index contributed by atoms with van der Waals surface area (Å²) in [5.74, 6) is 0.608. The number of para-hydroxylation sites is 1. The van der Waals surface area contributed by atoms with Crippen molar-refractivity contribution in [3.8, 4) is 0 Å². The quantitative estimate of drug-likeness (QED) is 0.658. The smallest absolute Gasteiger partial charge is 0.217 e. The third kappa shape index (κ3) is 1.42. The Hall–Kier alpha value is -2.30. The van der Waals surface area contributed by atoms with Crippen LogP contribution >= 0.6 is 0 Å². The van der Waals surface area contributed by atoms with Crippen molar-refractivity contribution in [2.45, 2.75) is 6.54 Å². The van der Waals surface area contributed by atoms with Gasteiger partial charge in [-0.3, -0.25) is 4.68 Å². The molecule has 0 aliphatic rings. The van der Waals surface area contributed by atoms with E-state index in [1.165, 1.54) is 0 Å². The fourth-order valence-corrected chi connectivity index (χ4v) is 1.62. The molecule has 80 valence electrons. The predicted octanol–water partition coefficient (Wildman–Crippen LogP) is 1.65. The third-order valence-corrected chi connectivity index (χ3v) is 2.35. The van der Waals surface area contributed by atoms with E-state index >= 15 is 0 Å². The average Bonchev–Trinajstić information content (AvgIpc) is 2.88. The number of nitrogen functional groups attached to an aromatic ring is 1. The fraction of sp³-hybridized carbons (Fsp3) is 0.0909. The van der Waals surface area contributed by atoms with E-state index in [4.69, 9.17) is 10.2 Å². The molecule has 5 nitrogen and oxygen atoms in total. The second-order valence-electron chi connectivity index (χ2n) is 3.51. The van der Waals surface area contributed by atoms with Crippen LogP contribution in [0.4, 0.5) is 5.69 Å². The lowest BCUT2D eigenvalue weighted by atomic mass is 10.3. The molecule has 3 rings (SSSR count). The number of nitrogens with two attached hydrogens (primary N) is 1. The van der Waals surface area contributed by atoms with Crippen molar-refractivity contribution < 1.29 is 4.42 Å². The molecule has 0 aliphatic heterocycles. The minimum atomic E-state index is 0.515. The number of rotatable bonds is 2. The van der Waals surface area contributed by atoms with E-state index < -0.39 is 0 Å². The van der Waals surface area contributed by atoms with E-state index in [2.05, 4.69) is 10.1 Å². The number of hydrogen-bond acceptors (Lipinski definition) is 4. The van der Waals surface area contributed by atoms with E-state index in [0.29, 0.717) is 29.2 Å². The van der Waals surface area contributed by atoms with Crippen molar-refractivity contribution in [2.75, 3.05) is 5.73 Å². The van der Waals surface area contributed by atoms with Gasteiger partial charge in [0.25, 0.3) is 0 Å². The van der Waals surface area contributed by atoms with Gasteiger partial charge in [0.2, 0.25) is 5.89 Å². The Labute approximate surface area is 91.5 Å². The van der Waals surface area contributed by atoms with Crippen LogP contribution in [0.25, 0.3) is 11.1 Å². The highest BCUT2D eigenvalue weighted by Gasteiger charge is 2.08. The van der Waals surface area contributed by atoms with E-state index in [9.17, 15) is 0 Å².